The fraction of sp³-hybridized carbons (Fsp3) is 0.182. The molecule has 0 spiro atoms. The van der Waals surface area contributed by atoms with Crippen LogP contribution in [0.1, 0.15) is 10.4 Å². The summed E-state index contributed by atoms with van der Waals surface area (Å²) in [6, 6.07) is 5.18. The van der Waals surface area contributed by atoms with Crippen molar-refractivity contribution < 1.29 is 4.79 Å². The molecule has 82 valence electrons. The molecule has 0 bridgehead atoms. The number of aromatic nitrogens is 2. The lowest BCUT2D eigenvalue weighted by Gasteiger charge is -2.10. The zero-order chi connectivity index (χ0) is 11.7. The van der Waals surface area contributed by atoms with Gasteiger partial charge in [0.25, 0.3) is 5.91 Å². The van der Waals surface area contributed by atoms with Crippen molar-refractivity contribution >= 4 is 28.5 Å². The second kappa shape index (κ2) is 4.06. The van der Waals surface area contributed by atoms with Crippen LogP contribution in [0.3, 0.4) is 0 Å². The summed E-state index contributed by atoms with van der Waals surface area (Å²) in [6.45, 7) is 0. The Kier molecular flexibility index (Phi) is 2.75. The summed E-state index contributed by atoms with van der Waals surface area (Å²) in [4.78, 5) is 21.4. The molecule has 5 heteroatoms. The summed E-state index contributed by atoms with van der Waals surface area (Å²) in [5, 5.41) is 0.321. The van der Waals surface area contributed by atoms with Gasteiger partial charge in [0.2, 0.25) is 0 Å². The number of fused-ring (bicyclic) bond motifs is 1. The fourth-order valence-electron chi connectivity index (χ4n) is 1.38. The number of amides is 1. The number of carbonyl (C=O) groups is 1. The molecule has 0 aliphatic heterocycles. The van der Waals surface area contributed by atoms with Crippen LogP contribution in [-0.2, 0) is 0 Å². The standard InChI is InChI=1S/C11H10ClN3O/c1-15(2)11(16)7-3-4-8-9(5-7)14-10(12)6-13-8/h3-6H,1-2H3. The first-order valence-corrected chi connectivity index (χ1v) is 5.09. The van der Waals surface area contributed by atoms with Gasteiger partial charge in [-0.3, -0.25) is 9.78 Å². The molecular formula is C11H10ClN3O. The number of halogens is 1. The van der Waals surface area contributed by atoms with Crippen LogP contribution in [0.15, 0.2) is 24.4 Å². The van der Waals surface area contributed by atoms with Crippen molar-refractivity contribution in [2.75, 3.05) is 14.1 Å². The van der Waals surface area contributed by atoms with Gasteiger partial charge < -0.3 is 4.90 Å². The SMILES string of the molecule is CN(C)C(=O)c1ccc2ncc(Cl)nc2c1. The summed E-state index contributed by atoms with van der Waals surface area (Å²) in [5.74, 6) is -0.0660. The number of benzene rings is 1. The number of nitrogens with zero attached hydrogens (tertiary/aromatic N) is 3. The third-order valence-electron chi connectivity index (χ3n) is 2.17. The molecule has 0 saturated heterocycles. The van der Waals surface area contributed by atoms with E-state index in [4.69, 9.17) is 11.6 Å². The van der Waals surface area contributed by atoms with Crippen LogP contribution in [-0.4, -0.2) is 34.9 Å². The van der Waals surface area contributed by atoms with Gasteiger partial charge in [-0.25, -0.2) is 4.98 Å². The monoisotopic (exact) mass is 235 g/mol. The van der Waals surface area contributed by atoms with Gasteiger partial charge in [-0.1, -0.05) is 11.6 Å². The largest absolute Gasteiger partial charge is 0.345 e. The quantitative estimate of drug-likeness (QED) is 0.759. The van der Waals surface area contributed by atoms with Crippen molar-refractivity contribution in [2.45, 2.75) is 0 Å². The highest BCUT2D eigenvalue weighted by atomic mass is 35.5. The van der Waals surface area contributed by atoms with Crippen LogP contribution >= 0.6 is 11.6 Å². The predicted molar refractivity (Wildman–Crippen MR) is 62.6 cm³/mol. The minimum atomic E-state index is -0.0660. The summed E-state index contributed by atoms with van der Waals surface area (Å²) in [5.41, 5.74) is 1.92. The molecule has 0 aliphatic carbocycles. The molecule has 0 radical (unpaired) electrons. The van der Waals surface area contributed by atoms with E-state index in [1.54, 1.807) is 32.3 Å². The van der Waals surface area contributed by atoms with Crippen molar-refractivity contribution in [1.82, 2.24) is 14.9 Å². The third-order valence-corrected chi connectivity index (χ3v) is 2.35. The maximum atomic E-state index is 11.7. The van der Waals surface area contributed by atoms with E-state index in [0.29, 0.717) is 16.2 Å². The fourth-order valence-corrected chi connectivity index (χ4v) is 1.52. The molecule has 0 aliphatic rings. The number of rotatable bonds is 1. The lowest BCUT2D eigenvalue weighted by Crippen LogP contribution is -2.21. The van der Waals surface area contributed by atoms with E-state index >= 15 is 0 Å². The average molecular weight is 236 g/mol. The van der Waals surface area contributed by atoms with Crippen molar-refractivity contribution in [1.29, 1.82) is 0 Å². The molecule has 0 unspecified atom stereocenters. The van der Waals surface area contributed by atoms with Crippen LogP contribution in [0, 0.1) is 0 Å². The highest BCUT2D eigenvalue weighted by Crippen LogP contribution is 2.15. The maximum absolute atomic E-state index is 11.7. The van der Waals surface area contributed by atoms with Crippen molar-refractivity contribution in [3.8, 4) is 0 Å². The lowest BCUT2D eigenvalue weighted by atomic mass is 10.2. The minimum absolute atomic E-state index is 0.0660. The second-order valence-electron chi connectivity index (χ2n) is 3.60. The van der Waals surface area contributed by atoms with Crippen LogP contribution in [0.5, 0.6) is 0 Å². The Balaban J connectivity index is 2.55. The van der Waals surface area contributed by atoms with Gasteiger partial charge in [-0.05, 0) is 18.2 Å². The molecule has 0 fully saturated rings. The van der Waals surface area contributed by atoms with Crippen LogP contribution in [0.2, 0.25) is 5.15 Å². The second-order valence-corrected chi connectivity index (χ2v) is 3.98. The zero-order valence-electron chi connectivity index (χ0n) is 8.94. The molecule has 0 atom stereocenters. The molecule has 2 aromatic rings. The Morgan fingerprint density at radius 2 is 2.06 bits per heavy atom. The number of hydrogen-bond donors (Lipinski definition) is 0. The first kappa shape index (κ1) is 10.8. The van der Waals surface area contributed by atoms with Crippen molar-refractivity contribution in [2.24, 2.45) is 0 Å². The molecule has 0 saturated carbocycles. The summed E-state index contributed by atoms with van der Waals surface area (Å²) in [6.07, 6.45) is 1.48. The van der Waals surface area contributed by atoms with E-state index in [9.17, 15) is 4.79 Å². The molecular weight excluding hydrogens is 226 g/mol. The zero-order valence-corrected chi connectivity index (χ0v) is 9.69. The van der Waals surface area contributed by atoms with Crippen LogP contribution in [0.4, 0.5) is 0 Å². The molecule has 1 heterocycles. The molecule has 1 aromatic carbocycles. The Morgan fingerprint density at radius 3 is 2.75 bits per heavy atom. The van der Waals surface area contributed by atoms with Gasteiger partial charge >= 0.3 is 0 Å². The Bertz CT molecular complexity index is 554. The average Bonchev–Trinajstić information content (AvgIpc) is 2.26. The smallest absolute Gasteiger partial charge is 0.253 e. The molecule has 1 amide bonds. The van der Waals surface area contributed by atoms with Gasteiger partial charge in [0.1, 0.15) is 5.15 Å². The van der Waals surface area contributed by atoms with Crippen LogP contribution in [0.25, 0.3) is 11.0 Å². The van der Waals surface area contributed by atoms with E-state index in [2.05, 4.69) is 9.97 Å². The first-order valence-electron chi connectivity index (χ1n) is 4.72. The Labute approximate surface area is 97.9 Å². The van der Waals surface area contributed by atoms with Crippen molar-refractivity contribution in [3.63, 3.8) is 0 Å². The van der Waals surface area contributed by atoms with E-state index in [-0.39, 0.29) is 5.91 Å². The highest BCUT2D eigenvalue weighted by molar-refractivity contribution is 6.29. The first-order chi connectivity index (χ1) is 7.58. The summed E-state index contributed by atoms with van der Waals surface area (Å²) in [7, 11) is 3.41. The van der Waals surface area contributed by atoms with Gasteiger partial charge in [-0.15, -0.1) is 0 Å². The summed E-state index contributed by atoms with van der Waals surface area (Å²) < 4.78 is 0. The van der Waals surface area contributed by atoms with E-state index < -0.39 is 0 Å². The number of hydrogen-bond acceptors (Lipinski definition) is 3. The van der Waals surface area contributed by atoms with E-state index in [1.807, 2.05) is 0 Å². The third kappa shape index (κ3) is 1.97. The highest BCUT2D eigenvalue weighted by Gasteiger charge is 2.09. The van der Waals surface area contributed by atoms with E-state index in [0.717, 1.165) is 5.52 Å². The molecule has 2 rings (SSSR count). The molecule has 16 heavy (non-hydrogen) atoms. The lowest BCUT2D eigenvalue weighted by molar-refractivity contribution is 0.0828. The Morgan fingerprint density at radius 1 is 1.31 bits per heavy atom. The maximum Gasteiger partial charge on any atom is 0.253 e. The van der Waals surface area contributed by atoms with Gasteiger partial charge in [0, 0.05) is 19.7 Å². The molecule has 4 nitrogen and oxygen atoms in total. The number of carbonyl (C=O) groups excluding carboxylic acids is 1. The normalized spacial score (nSPS) is 10.4. The van der Waals surface area contributed by atoms with Gasteiger partial charge in [0.05, 0.1) is 17.2 Å². The summed E-state index contributed by atoms with van der Waals surface area (Å²) >= 11 is 5.74. The molecule has 1 aromatic heterocycles. The molecule has 0 N–H and O–H groups in total. The van der Waals surface area contributed by atoms with Crippen molar-refractivity contribution in [3.05, 3.63) is 35.1 Å². The van der Waals surface area contributed by atoms with Gasteiger partial charge in [-0.2, -0.15) is 0 Å². The minimum Gasteiger partial charge on any atom is -0.345 e. The van der Waals surface area contributed by atoms with Crippen LogP contribution < -0.4 is 0 Å². The topological polar surface area (TPSA) is 46.1 Å². The Hall–Kier alpha value is -1.68. The van der Waals surface area contributed by atoms with E-state index in [1.165, 1.54) is 11.1 Å². The van der Waals surface area contributed by atoms with Gasteiger partial charge in [0.15, 0.2) is 0 Å². The predicted octanol–water partition coefficient (Wildman–Crippen LogP) is 1.98.